The number of nitrogens with two attached hydrogens (primary N) is 1. The Kier molecular flexibility index (Phi) is 4.70. The van der Waals surface area contributed by atoms with Crippen molar-refractivity contribution in [2.75, 3.05) is 6.54 Å². The molecule has 1 aromatic heterocycles. The van der Waals surface area contributed by atoms with E-state index in [1.165, 1.54) is 0 Å². The lowest BCUT2D eigenvalue weighted by molar-refractivity contribution is -0.121. The third kappa shape index (κ3) is 3.55. The number of rotatable bonds is 5. The molecule has 6 nitrogen and oxygen atoms in total. The molecule has 0 aliphatic heterocycles. The third-order valence-corrected chi connectivity index (χ3v) is 2.92. The van der Waals surface area contributed by atoms with Gasteiger partial charge in [-0.25, -0.2) is 0 Å². The van der Waals surface area contributed by atoms with E-state index in [4.69, 9.17) is 21.9 Å². The highest BCUT2D eigenvalue weighted by atomic mass is 35.5. The van der Waals surface area contributed by atoms with Crippen molar-refractivity contribution >= 4 is 17.5 Å². The van der Waals surface area contributed by atoms with Gasteiger partial charge in [-0.05, 0) is 31.2 Å². The third-order valence-electron chi connectivity index (χ3n) is 2.67. The van der Waals surface area contributed by atoms with Gasteiger partial charge in [-0.2, -0.15) is 4.98 Å². The van der Waals surface area contributed by atoms with Crippen molar-refractivity contribution < 1.29 is 9.32 Å². The van der Waals surface area contributed by atoms with Crippen molar-refractivity contribution in [3.63, 3.8) is 0 Å². The Morgan fingerprint density at radius 2 is 2.15 bits per heavy atom. The predicted molar refractivity (Wildman–Crippen MR) is 75.0 cm³/mol. The molecule has 106 valence electrons. The molecule has 1 amide bonds. The number of carbonyl (C=O) groups is 1. The number of halogens is 1. The van der Waals surface area contributed by atoms with E-state index in [-0.39, 0.29) is 18.4 Å². The van der Waals surface area contributed by atoms with Gasteiger partial charge in [0, 0.05) is 23.6 Å². The smallest absolute Gasteiger partial charge is 0.257 e. The number of hydrogen-bond donors (Lipinski definition) is 2. The van der Waals surface area contributed by atoms with E-state index in [0.29, 0.717) is 23.3 Å². The zero-order chi connectivity index (χ0) is 14.5. The first-order valence-electron chi connectivity index (χ1n) is 6.19. The highest BCUT2D eigenvalue weighted by Gasteiger charge is 2.16. The standard InChI is InChI=1S/C13H15ClN4O2/c1-8(16-11(19)6-7-15)12-17-13(20-18-12)9-2-4-10(14)5-3-9/h2-5,8H,6-7,15H2,1H3,(H,16,19). The summed E-state index contributed by atoms with van der Waals surface area (Å²) in [5, 5.41) is 7.24. The Balaban J connectivity index is 2.08. The highest BCUT2D eigenvalue weighted by Crippen LogP contribution is 2.21. The summed E-state index contributed by atoms with van der Waals surface area (Å²) in [4.78, 5) is 15.7. The number of carbonyl (C=O) groups excluding carboxylic acids is 1. The maximum atomic E-state index is 11.4. The van der Waals surface area contributed by atoms with E-state index < -0.39 is 0 Å². The summed E-state index contributed by atoms with van der Waals surface area (Å²) in [6.07, 6.45) is 0.270. The van der Waals surface area contributed by atoms with Gasteiger partial charge < -0.3 is 15.6 Å². The molecule has 0 aliphatic rings. The van der Waals surface area contributed by atoms with Crippen molar-refractivity contribution in [3.8, 4) is 11.5 Å². The molecule has 0 fully saturated rings. The minimum atomic E-state index is -0.334. The van der Waals surface area contributed by atoms with Crippen LogP contribution in [0.25, 0.3) is 11.5 Å². The molecule has 7 heteroatoms. The average Bonchev–Trinajstić information content (AvgIpc) is 2.89. The lowest BCUT2D eigenvalue weighted by atomic mass is 10.2. The minimum absolute atomic E-state index is 0.141. The lowest BCUT2D eigenvalue weighted by Crippen LogP contribution is -2.28. The van der Waals surface area contributed by atoms with Crippen molar-refractivity contribution in [2.24, 2.45) is 5.73 Å². The first kappa shape index (κ1) is 14.5. The van der Waals surface area contributed by atoms with Gasteiger partial charge in [-0.1, -0.05) is 16.8 Å². The molecule has 0 spiro atoms. The van der Waals surface area contributed by atoms with Crippen LogP contribution in [0.4, 0.5) is 0 Å². The molecule has 0 saturated heterocycles. The van der Waals surface area contributed by atoms with E-state index in [9.17, 15) is 4.79 Å². The molecule has 2 rings (SSSR count). The maximum absolute atomic E-state index is 11.4. The summed E-state index contributed by atoms with van der Waals surface area (Å²) in [5.74, 6) is 0.662. The van der Waals surface area contributed by atoms with Crippen molar-refractivity contribution in [1.82, 2.24) is 15.5 Å². The normalized spacial score (nSPS) is 12.2. The van der Waals surface area contributed by atoms with Crippen LogP contribution >= 0.6 is 11.6 Å². The van der Waals surface area contributed by atoms with Gasteiger partial charge in [0.15, 0.2) is 5.82 Å². The van der Waals surface area contributed by atoms with Crippen molar-refractivity contribution in [2.45, 2.75) is 19.4 Å². The zero-order valence-electron chi connectivity index (χ0n) is 11.0. The molecule has 2 aromatic rings. The molecule has 1 heterocycles. The second-order valence-electron chi connectivity index (χ2n) is 4.29. The Morgan fingerprint density at radius 3 is 2.80 bits per heavy atom. The van der Waals surface area contributed by atoms with Gasteiger partial charge in [-0.3, -0.25) is 4.79 Å². The minimum Gasteiger partial charge on any atom is -0.346 e. The monoisotopic (exact) mass is 294 g/mol. The molecule has 0 saturated carbocycles. The van der Waals surface area contributed by atoms with Crippen LogP contribution in [-0.2, 0) is 4.79 Å². The fourth-order valence-electron chi connectivity index (χ4n) is 1.63. The Labute approximate surface area is 121 Å². The molecule has 0 aliphatic carbocycles. The van der Waals surface area contributed by atoms with Crippen LogP contribution in [0.1, 0.15) is 25.2 Å². The van der Waals surface area contributed by atoms with Crippen LogP contribution in [0.2, 0.25) is 5.02 Å². The van der Waals surface area contributed by atoms with Gasteiger partial charge >= 0.3 is 0 Å². The van der Waals surface area contributed by atoms with Gasteiger partial charge in [0.05, 0.1) is 6.04 Å². The number of hydrogen-bond acceptors (Lipinski definition) is 5. The Morgan fingerprint density at radius 1 is 1.45 bits per heavy atom. The van der Waals surface area contributed by atoms with Crippen LogP contribution in [0, 0.1) is 0 Å². The van der Waals surface area contributed by atoms with Gasteiger partial charge in [0.25, 0.3) is 5.89 Å². The fourth-order valence-corrected chi connectivity index (χ4v) is 1.76. The quantitative estimate of drug-likeness (QED) is 0.878. The summed E-state index contributed by atoms with van der Waals surface area (Å²) in [6.45, 7) is 2.09. The van der Waals surface area contributed by atoms with Gasteiger partial charge in [0.1, 0.15) is 0 Å². The van der Waals surface area contributed by atoms with Crippen molar-refractivity contribution in [1.29, 1.82) is 0 Å². The molecular formula is C13H15ClN4O2. The number of benzene rings is 1. The molecule has 0 radical (unpaired) electrons. The number of nitrogens with zero attached hydrogens (tertiary/aromatic N) is 2. The molecule has 3 N–H and O–H groups in total. The first-order chi connectivity index (χ1) is 9.60. The molecule has 20 heavy (non-hydrogen) atoms. The SMILES string of the molecule is CC(NC(=O)CCN)c1noc(-c2ccc(Cl)cc2)n1. The van der Waals surface area contributed by atoms with Gasteiger partial charge in [-0.15, -0.1) is 0 Å². The second-order valence-corrected chi connectivity index (χ2v) is 4.73. The Hall–Kier alpha value is -1.92. The van der Waals surface area contributed by atoms with Crippen LogP contribution in [0.3, 0.4) is 0 Å². The zero-order valence-corrected chi connectivity index (χ0v) is 11.7. The van der Waals surface area contributed by atoms with Crippen molar-refractivity contribution in [3.05, 3.63) is 35.1 Å². The van der Waals surface area contributed by atoms with E-state index in [1.807, 2.05) is 0 Å². The first-order valence-corrected chi connectivity index (χ1v) is 6.57. The van der Waals surface area contributed by atoms with Crippen LogP contribution in [0.5, 0.6) is 0 Å². The molecule has 1 atom stereocenters. The summed E-state index contributed by atoms with van der Waals surface area (Å²) in [6, 6.07) is 6.73. The Bertz CT molecular complexity index is 582. The van der Waals surface area contributed by atoms with Crippen LogP contribution < -0.4 is 11.1 Å². The molecule has 0 bridgehead atoms. The van der Waals surface area contributed by atoms with E-state index in [1.54, 1.807) is 31.2 Å². The highest BCUT2D eigenvalue weighted by molar-refractivity contribution is 6.30. The summed E-state index contributed by atoms with van der Waals surface area (Å²) >= 11 is 5.82. The predicted octanol–water partition coefficient (Wildman–Crippen LogP) is 1.92. The number of aromatic nitrogens is 2. The molecule has 1 aromatic carbocycles. The molecule has 1 unspecified atom stereocenters. The van der Waals surface area contributed by atoms with E-state index >= 15 is 0 Å². The topological polar surface area (TPSA) is 94.0 Å². The van der Waals surface area contributed by atoms with Crippen LogP contribution in [-0.4, -0.2) is 22.6 Å². The average molecular weight is 295 g/mol. The molecular weight excluding hydrogens is 280 g/mol. The maximum Gasteiger partial charge on any atom is 0.257 e. The van der Waals surface area contributed by atoms with E-state index in [2.05, 4.69) is 15.5 Å². The van der Waals surface area contributed by atoms with Crippen LogP contribution in [0.15, 0.2) is 28.8 Å². The van der Waals surface area contributed by atoms with Gasteiger partial charge in [0.2, 0.25) is 5.91 Å². The largest absolute Gasteiger partial charge is 0.346 e. The number of nitrogens with one attached hydrogen (secondary N) is 1. The summed E-state index contributed by atoms with van der Waals surface area (Å²) < 4.78 is 5.17. The second kappa shape index (κ2) is 6.49. The van der Waals surface area contributed by atoms with E-state index in [0.717, 1.165) is 5.56 Å². The lowest BCUT2D eigenvalue weighted by Gasteiger charge is -2.08. The summed E-state index contributed by atoms with van der Waals surface area (Å²) in [7, 11) is 0. The summed E-state index contributed by atoms with van der Waals surface area (Å²) in [5.41, 5.74) is 6.09. The number of amides is 1. The fraction of sp³-hybridized carbons (Fsp3) is 0.308.